The fourth-order valence-electron chi connectivity index (χ4n) is 2.11. The second-order valence-electron chi connectivity index (χ2n) is 5.18. The fourth-order valence-corrected chi connectivity index (χ4v) is 2.11. The maximum absolute atomic E-state index is 5.69. The zero-order valence-corrected chi connectivity index (χ0v) is 11.6. The van der Waals surface area contributed by atoms with Crippen LogP contribution in [0.15, 0.2) is 0 Å². The summed E-state index contributed by atoms with van der Waals surface area (Å²) in [6.45, 7) is 14.2. The Balaban J connectivity index is 1.95. The summed E-state index contributed by atoms with van der Waals surface area (Å²) in [5.41, 5.74) is 0.0210. The second kappa shape index (κ2) is 8.03. The van der Waals surface area contributed by atoms with E-state index in [1.807, 2.05) is 6.92 Å². The first-order valence-electron chi connectivity index (χ1n) is 6.79. The van der Waals surface area contributed by atoms with Crippen molar-refractivity contribution in [1.82, 2.24) is 10.2 Å². The maximum atomic E-state index is 5.69. The predicted octanol–water partition coefficient (Wildman–Crippen LogP) is 1.11. The predicted molar refractivity (Wildman–Crippen MR) is 70.5 cm³/mol. The molecule has 4 heteroatoms. The van der Waals surface area contributed by atoms with Gasteiger partial charge in [-0.2, -0.15) is 0 Å². The van der Waals surface area contributed by atoms with Gasteiger partial charge in [-0.05, 0) is 33.7 Å². The molecule has 17 heavy (non-hydrogen) atoms. The number of nitrogens with zero attached hydrogens (tertiary/aromatic N) is 1. The van der Waals surface area contributed by atoms with E-state index in [-0.39, 0.29) is 5.60 Å². The number of morpholine rings is 1. The van der Waals surface area contributed by atoms with Gasteiger partial charge < -0.3 is 14.8 Å². The van der Waals surface area contributed by atoms with Gasteiger partial charge in [-0.3, -0.25) is 4.90 Å². The zero-order valence-electron chi connectivity index (χ0n) is 11.6. The SMILES string of the molecule is CCOCCCNCCN1CCOC(C)(C)C1. The van der Waals surface area contributed by atoms with Crippen molar-refractivity contribution in [3.63, 3.8) is 0 Å². The van der Waals surface area contributed by atoms with Crippen molar-refractivity contribution in [2.75, 3.05) is 52.5 Å². The molecule has 4 nitrogen and oxygen atoms in total. The number of nitrogens with one attached hydrogen (secondary N) is 1. The van der Waals surface area contributed by atoms with Crippen LogP contribution in [0.3, 0.4) is 0 Å². The lowest BCUT2D eigenvalue weighted by molar-refractivity contribution is -0.0854. The highest BCUT2D eigenvalue weighted by molar-refractivity contribution is 4.79. The lowest BCUT2D eigenvalue weighted by Crippen LogP contribution is -2.49. The van der Waals surface area contributed by atoms with Crippen molar-refractivity contribution in [3.05, 3.63) is 0 Å². The van der Waals surface area contributed by atoms with Gasteiger partial charge in [0.1, 0.15) is 0 Å². The smallest absolute Gasteiger partial charge is 0.0753 e. The molecule has 0 atom stereocenters. The molecule has 1 heterocycles. The second-order valence-corrected chi connectivity index (χ2v) is 5.18. The van der Waals surface area contributed by atoms with Gasteiger partial charge in [0.15, 0.2) is 0 Å². The normalized spacial score (nSPS) is 20.6. The lowest BCUT2D eigenvalue weighted by Gasteiger charge is -2.38. The van der Waals surface area contributed by atoms with Gasteiger partial charge in [0.2, 0.25) is 0 Å². The van der Waals surface area contributed by atoms with Crippen LogP contribution in [0.4, 0.5) is 0 Å². The van der Waals surface area contributed by atoms with E-state index in [1.165, 1.54) is 0 Å². The topological polar surface area (TPSA) is 33.7 Å². The highest BCUT2D eigenvalue weighted by Crippen LogP contribution is 2.15. The molecule has 102 valence electrons. The van der Waals surface area contributed by atoms with Crippen molar-refractivity contribution in [3.8, 4) is 0 Å². The quantitative estimate of drug-likeness (QED) is 0.649. The van der Waals surface area contributed by atoms with Gasteiger partial charge in [-0.15, -0.1) is 0 Å². The number of hydrogen-bond acceptors (Lipinski definition) is 4. The van der Waals surface area contributed by atoms with E-state index in [0.717, 1.165) is 59.0 Å². The van der Waals surface area contributed by atoms with Crippen LogP contribution in [0.25, 0.3) is 0 Å². The minimum absolute atomic E-state index is 0.0210. The van der Waals surface area contributed by atoms with Crippen LogP contribution in [0.2, 0.25) is 0 Å². The van der Waals surface area contributed by atoms with Crippen LogP contribution < -0.4 is 5.32 Å². The van der Waals surface area contributed by atoms with Crippen LogP contribution in [0, 0.1) is 0 Å². The number of ether oxygens (including phenoxy) is 2. The van der Waals surface area contributed by atoms with Crippen molar-refractivity contribution in [2.24, 2.45) is 0 Å². The maximum Gasteiger partial charge on any atom is 0.0753 e. The Kier molecular flexibility index (Phi) is 7.04. The zero-order chi connectivity index (χ0) is 12.6. The van der Waals surface area contributed by atoms with Crippen molar-refractivity contribution in [2.45, 2.75) is 32.8 Å². The molecule has 0 aromatic carbocycles. The molecule has 0 amide bonds. The van der Waals surface area contributed by atoms with E-state index in [1.54, 1.807) is 0 Å². The van der Waals surface area contributed by atoms with E-state index in [2.05, 4.69) is 24.1 Å². The first-order chi connectivity index (χ1) is 8.14. The summed E-state index contributed by atoms with van der Waals surface area (Å²) < 4.78 is 11.0. The molecule has 0 aromatic rings. The average molecular weight is 244 g/mol. The van der Waals surface area contributed by atoms with Crippen LogP contribution in [0.5, 0.6) is 0 Å². The first-order valence-corrected chi connectivity index (χ1v) is 6.79. The summed E-state index contributed by atoms with van der Waals surface area (Å²) in [4.78, 5) is 2.47. The van der Waals surface area contributed by atoms with Gasteiger partial charge >= 0.3 is 0 Å². The third kappa shape index (κ3) is 6.99. The van der Waals surface area contributed by atoms with Crippen molar-refractivity contribution >= 4 is 0 Å². The molecule has 0 radical (unpaired) electrons. The Morgan fingerprint density at radius 1 is 1.35 bits per heavy atom. The minimum atomic E-state index is 0.0210. The molecule has 1 fully saturated rings. The molecule has 0 aliphatic carbocycles. The largest absolute Gasteiger partial charge is 0.382 e. The fraction of sp³-hybridized carbons (Fsp3) is 1.00. The van der Waals surface area contributed by atoms with Crippen LogP contribution >= 0.6 is 0 Å². The molecule has 0 saturated carbocycles. The lowest BCUT2D eigenvalue weighted by atomic mass is 10.1. The van der Waals surface area contributed by atoms with E-state index in [0.29, 0.717) is 0 Å². The molecule has 1 rings (SSSR count). The molecule has 0 spiro atoms. The summed E-state index contributed by atoms with van der Waals surface area (Å²) >= 11 is 0. The Labute approximate surface area is 106 Å². The molecular weight excluding hydrogens is 216 g/mol. The van der Waals surface area contributed by atoms with E-state index < -0.39 is 0 Å². The molecule has 1 aliphatic rings. The van der Waals surface area contributed by atoms with Gasteiger partial charge in [0.25, 0.3) is 0 Å². The third-order valence-corrected chi connectivity index (χ3v) is 2.96. The Morgan fingerprint density at radius 3 is 2.88 bits per heavy atom. The third-order valence-electron chi connectivity index (χ3n) is 2.96. The minimum Gasteiger partial charge on any atom is -0.382 e. The molecular formula is C13H28N2O2. The molecule has 1 N–H and O–H groups in total. The van der Waals surface area contributed by atoms with E-state index >= 15 is 0 Å². The van der Waals surface area contributed by atoms with Crippen molar-refractivity contribution < 1.29 is 9.47 Å². The Morgan fingerprint density at radius 2 is 2.18 bits per heavy atom. The summed E-state index contributed by atoms with van der Waals surface area (Å²) in [5, 5.41) is 3.46. The highest BCUT2D eigenvalue weighted by Gasteiger charge is 2.26. The van der Waals surface area contributed by atoms with Gasteiger partial charge in [-0.25, -0.2) is 0 Å². The van der Waals surface area contributed by atoms with Crippen molar-refractivity contribution in [1.29, 1.82) is 0 Å². The Bertz CT molecular complexity index is 198. The van der Waals surface area contributed by atoms with Crippen LogP contribution in [0.1, 0.15) is 27.2 Å². The average Bonchev–Trinajstić information content (AvgIpc) is 2.27. The van der Waals surface area contributed by atoms with Crippen LogP contribution in [-0.2, 0) is 9.47 Å². The molecule has 1 aliphatic heterocycles. The number of hydrogen-bond donors (Lipinski definition) is 1. The van der Waals surface area contributed by atoms with E-state index in [4.69, 9.17) is 9.47 Å². The molecule has 0 unspecified atom stereocenters. The molecule has 1 saturated heterocycles. The monoisotopic (exact) mass is 244 g/mol. The summed E-state index contributed by atoms with van der Waals surface area (Å²) in [7, 11) is 0. The standard InChI is InChI=1S/C13H28N2O2/c1-4-16-10-5-6-14-7-8-15-9-11-17-13(2,3)12-15/h14H,4-12H2,1-3H3. The van der Waals surface area contributed by atoms with Gasteiger partial charge in [0.05, 0.1) is 12.2 Å². The highest BCUT2D eigenvalue weighted by atomic mass is 16.5. The summed E-state index contributed by atoms with van der Waals surface area (Å²) in [6.07, 6.45) is 1.10. The van der Waals surface area contributed by atoms with Gasteiger partial charge in [0, 0.05) is 39.4 Å². The molecule has 0 aromatic heterocycles. The van der Waals surface area contributed by atoms with Crippen LogP contribution in [-0.4, -0.2) is 63.0 Å². The summed E-state index contributed by atoms with van der Waals surface area (Å²) in [5.74, 6) is 0. The Hall–Kier alpha value is -0.160. The van der Waals surface area contributed by atoms with Gasteiger partial charge in [-0.1, -0.05) is 0 Å². The molecule has 0 bridgehead atoms. The van der Waals surface area contributed by atoms with E-state index in [9.17, 15) is 0 Å². The number of rotatable bonds is 8. The summed E-state index contributed by atoms with van der Waals surface area (Å²) in [6, 6.07) is 0. The first kappa shape index (κ1) is 14.9.